The normalized spacial score (nSPS) is 18.0. The maximum atomic E-state index is 13.3. The van der Waals surface area contributed by atoms with Gasteiger partial charge in [0.15, 0.2) is 11.5 Å². The number of nitrogens with two attached hydrogens (primary N) is 2. The molecule has 1 aliphatic rings. The van der Waals surface area contributed by atoms with Gasteiger partial charge < -0.3 is 21.9 Å². The lowest BCUT2D eigenvalue weighted by molar-refractivity contribution is -0.141. The van der Waals surface area contributed by atoms with E-state index in [9.17, 15) is 27.5 Å². The fraction of sp³-hybridized carbons (Fsp3) is 0.500. The van der Waals surface area contributed by atoms with Crippen molar-refractivity contribution in [3.05, 3.63) is 41.8 Å². The van der Waals surface area contributed by atoms with Gasteiger partial charge in [-0.15, -0.1) is 0 Å². The molecule has 1 saturated carbocycles. The van der Waals surface area contributed by atoms with Gasteiger partial charge in [0.2, 0.25) is 5.96 Å². The van der Waals surface area contributed by atoms with Crippen LogP contribution in [0.4, 0.5) is 17.6 Å². The number of halogens is 4. The number of nitrogens with zero attached hydrogens (tertiary/aromatic N) is 3. The Labute approximate surface area is 170 Å². The number of aliphatic hydroxyl groups is 1. The first kappa shape index (κ1) is 23.4. The van der Waals surface area contributed by atoms with E-state index in [4.69, 9.17) is 11.5 Å². The first-order valence-corrected chi connectivity index (χ1v) is 9.24. The van der Waals surface area contributed by atoms with Crippen molar-refractivity contribution >= 4 is 11.9 Å². The molecule has 0 aliphatic heterocycles. The highest BCUT2D eigenvalue weighted by molar-refractivity contribution is 5.96. The lowest BCUT2D eigenvalue weighted by atomic mass is 9.94. The van der Waals surface area contributed by atoms with Crippen LogP contribution in [0.1, 0.15) is 54.6 Å². The van der Waals surface area contributed by atoms with Crippen LogP contribution in [0.15, 0.2) is 35.5 Å². The largest absolute Gasteiger partial charge is 0.435 e. The summed E-state index contributed by atoms with van der Waals surface area (Å²) in [5, 5.41) is 16.2. The molecule has 1 aromatic rings. The fourth-order valence-corrected chi connectivity index (χ4v) is 3.04. The molecule has 0 unspecified atom stereocenters. The van der Waals surface area contributed by atoms with Gasteiger partial charge in [0.1, 0.15) is 0 Å². The molecule has 166 valence electrons. The standard InChI is InChI=1S/C18H24F4N6O2/c1-11(23)13(19)8-25-16(24)28-9-12(14(27-28)18(20,21)22)15(29)26-10-17(30)6-4-2-3-5-7-17/h8-9,30H,1-7,10,23H2,(H2,24,25)(H,26,29)/b13-8+. The first-order valence-electron chi connectivity index (χ1n) is 9.24. The van der Waals surface area contributed by atoms with Gasteiger partial charge in [-0.05, 0) is 12.8 Å². The summed E-state index contributed by atoms with van der Waals surface area (Å²) in [4.78, 5) is 15.8. The van der Waals surface area contributed by atoms with E-state index in [0.29, 0.717) is 23.7 Å². The van der Waals surface area contributed by atoms with Gasteiger partial charge in [0.05, 0.1) is 23.1 Å². The van der Waals surface area contributed by atoms with Crippen molar-refractivity contribution in [1.82, 2.24) is 15.1 Å². The van der Waals surface area contributed by atoms with Crippen LogP contribution in [0.2, 0.25) is 0 Å². The Morgan fingerprint density at radius 3 is 2.47 bits per heavy atom. The Bertz CT molecular complexity index is 851. The molecule has 1 aromatic heterocycles. The monoisotopic (exact) mass is 432 g/mol. The molecule has 1 aliphatic carbocycles. The van der Waals surface area contributed by atoms with Gasteiger partial charge in [0, 0.05) is 12.7 Å². The molecule has 1 fully saturated rings. The third-order valence-electron chi connectivity index (χ3n) is 4.69. The Morgan fingerprint density at radius 2 is 1.93 bits per heavy atom. The molecular weight excluding hydrogens is 408 g/mol. The molecular formula is C18H24F4N6O2. The van der Waals surface area contributed by atoms with E-state index in [2.05, 4.69) is 22.0 Å². The van der Waals surface area contributed by atoms with Crippen LogP contribution in [0.3, 0.4) is 0 Å². The van der Waals surface area contributed by atoms with E-state index in [1.165, 1.54) is 0 Å². The van der Waals surface area contributed by atoms with Gasteiger partial charge >= 0.3 is 6.18 Å². The summed E-state index contributed by atoms with van der Waals surface area (Å²) in [5.74, 6) is -2.73. The first-order chi connectivity index (χ1) is 13.9. The summed E-state index contributed by atoms with van der Waals surface area (Å²) in [6, 6.07) is 0. The molecule has 8 nitrogen and oxygen atoms in total. The lowest BCUT2D eigenvalue weighted by Gasteiger charge is -2.26. The quantitative estimate of drug-likeness (QED) is 0.186. The zero-order chi connectivity index (χ0) is 22.5. The molecule has 0 aromatic carbocycles. The number of aliphatic imine (C=N–C) groups is 1. The van der Waals surface area contributed by atoms with Crippen molar-refractivity contribution in [1.29, 1.82) is 0 Å². The highest BCUT2D eigenvalue weighted by Crippen LogP contribution is 2.31. The van der Waals surface area contributed by atoms with Gasteiger partial charge in [-0.25, -0.2) is 14.1 Å². The zero-order valence-electron chi connectivity index (χ0n) is 16.2. The number of hydrogen-bond donors (Lipinski definition) is 4. The van der Waals surface area contributed by atoms with E-state index in [1.807, 2.05) is 0 Å². The number of carbonyl (C=O) groups is 1. The van der Waals surface area contributed by atoms with Crippen molar-refractivity contribution in [2.24, 2.45) is 16.5 Å². The van der Waals surface area contributed by atoms with E-state index in [0.717, 1.165) is 31.9 Å². The summed E-state index contributed by atoms with van der Waals surface area (Å²) in [6.45, 7) is 2.94. The van der Waals surface area contributed by atoms with E-state index >= 15 is 0 Å². The van der Waals surface area contributed by atoms with Gasteiger partial charge in [-0.2, -0.15) is 18.3 Å². The van der Waals surface area contributed by atoms with Crippen molar-refractivity contribution in [3.63, 3.8) is 0 Å². The zero-order valence-corrected chi connectivity index (χ0v) is 16.2. The average Bonchev–Trinajstić information content (AvgIpc) is 3.02. The molecule has 12 heteroatoms. The summed E-state index contributed by atoms with van der Waals surface area (Å²) < 4.78 is 53.9. The summed E-state index contributed by atoms with van der Waals surface area (Å²) in [7, 11) is 0. The van der Waals surface area contributed by atoms with Crippen LogP contribution in [0, 0.1) is 0 Å². The van der Waals surface area contributed by atoms with E-state index in [1.54, 1.807) is 0 Å². The molecule has 0 radical (unpaired) electrons. The fourth-order valence-electron chi connectivity index (χ4n) is 3.04. The number of rotatable bonds is 5. The van der Waals surface area contributed by atoms with Crippen molar-refractivity contribution in [3.8, 4) is 0 Å². The maximum Gasteiger partial charge on any atom is 0.435 e. The molecule has 1 heterocycles. The SMILES string of the molecule is C=C(N)/C(F)=C\N=C(N)n1cc(C(=O)NCC2(O)CCCCCC2)c(C(F)(F)F)n1. The summed E-state index contributed by atoms with van der Waals surface area (Å²) >= 11 is 0. The molecule has 30 heavy (non-hydrogen) atoms. The van der Waals surface area contributed by atoms with E-state index in [-0.39, 0.29) is 6.54 Å². The number of carbonyl (C=O) groups excluding carboxylic acids is 1. The van der Waals surface area contributed by atoms with Gasteiger partial charge in [-0.3, -0.25) is 4.79 Å². The van der Waals surface area contributed by atoms with Crippen LogP contribution in [0.25, 0.3) is 0 Å². The maximum absolute atomic E-state index is 13.3. The predicted octanol–water partition coefficient (Wildman–Crippen LogP) is 2.16. The Morgan fingerprint density at radius 1 is 1.33 bits per heavy atom. The van der Waals surface area contributed by atoms with Crippen LogP contribution in [0.5, 0.6) is 0 Å². The Hall–Kier alpha value is -2.89. The highest BCUT2D eigenvalue weighted by Gasteiger charge is 2.40. The van der Waals surface area contributed by atoms with Crippen LogP contribution < -0.4 is 16.8 Å². The predicted molar refractivity (Wildman–Crippen MR) is 102 cm³/mol. The Kier molecular flexibility index (Phi) is 7.24. The number of aromatic nitrogens is 2. The second kappa shape index (κ2) is 9.28. The second-order valence-corrected chi connectivity index (χ2v) is 7.14. The minimum Gasteiger partial charge on any atom is -0.397 e. The lowest BCUT2D eigenvalue weighted by Crippen LogP contribution is -2.42. The topological polar surface area (TPSA) is 132 Å². The second-order valence-electron chi connectivity index (χ2n) is 7.14. The third kappa shape index (κ3) is 6.05. The minimum atomic E-state index is -4.95. The summed E-state index contributed by atoms with van der Waals surface area (Å²) in [5.41, 5.74) is 6.73. The number of allylic oxidation sites excluding steroid dienone is 1. The van der Waals surface area contributed by atoms with Crippen molar-refractivity contribution < 1.29 is 27.5 Å². The molecule has 2 rings (SSSR count). The molecule has 0 bridgehead atoms. The molecule has 1 amide bonds. The summed E-state index contributed by atoms with van der Waals surface area (Å²) in [6.07, 6.45) is 0.675. The number of hydrogen-bond acceptors (Lipinski definition) is 5. The van der Waals surface area contributed by atoms with Crippen molar-refractivity contribution in [2.75, 3.05) is 6.54 Å². The van der Waals surface area contributed by atoms with Gasteiger partial charge in [0.25, 0.3) is 5.91 Å². The number of amides is 1. The molecule has 0 spiro atoms. The van der Waals surface area contributed by atoms with Crippen LogP contribution in [-0.2, 0) is 6.18 Å². The number of alkyl halides is 3. The number of nitrogens with one attached hydrogen (secondary N) is 1. The van der Waals surface area contributed by atoms with Crippen LogP contribution >= 0.6 is 0 Å². The Balaban J connectivity index is 2.25. The van der Waals surface area contributed by atoms with Gasteiger partial charge in [-0.1, -0.05) is 32.3 Å². The molecule has 0 atom stereocenters. The molecule has 6 N–H and O–H groups in total. The van der Waals surface area contributed by atoms with Crippen molar-refractivity contribution in [2.45, 2.75) is 50.3 Å². The van der Waals surface area contributed by atoms with Crippen LogP contribution in [-0.4, -0.2) is 38.9 Å². The van der Waals surface area contributed by atoms with E-state index < -0.39 is 46.4 Å². The third-order valence-corrected chi connectivity index (χ3v) is 4.69. The highest BCUT2D eigenvalue weighted by atomic mass is 19.4. The smallest absolute Gasteiger partial charge is 0.397 e. The average molecular weight is 432 g/mol. The molecule has 0 saturated heterocycles. The minimum absolute atomic E-state index is 0.190.